The number of amides is 1. The van der Waals surface area contributed by atoms with Crippen LogP contribution in [-0.2, 0) is 4.79 Å². The second-order valence-corrected chi connectivity index (χ2v) is 5.55. The highest BCUT2D eigenvalue weighted by molar-refractivity contribution is 6.12. The third-order valence-corrected chi connectivity index (χ3v) is 2.66. The highest BCUT2D eigenvalue weighted by Gasteiger charge is 2.20. The molecule has 1 amide bonds. The van der Waals surface area contributed by atoms with Gasteiger partial charge in [-0.25, -0.2) is 5.43 Å². The first kappa shape index (κ1) is 13.5. The van der Waals surface area contributed by atoms with Crippen LogP contribution in [0.3, 0.4) is 0 Å². The van der Waals surface area contributed by atoms with Crippen molar-refractivity contribution in [3.05, 3.63) is 29.8 Å². The Morgan fingerprint density at radius 3 is 2.79 bits per heavy atom. The number of nitrogens with one attached hydrogen (secondary N) is 2. The van der Waals surface area contributed by atoms with E-state index in [1.54, 1.807) is 0 Å². The molecule has 2 N–H and O–H groups in total. The molecule has 1 aromatic rings. The second-order valence-electron chi connectivity index (χ2n) is 5.55. The molecule has 0 spiro atoms. The van der Waals surface area contributed by atoms with Gasteiger partial charge in [0.15, 0.2) is 6.54 Å². The Kier molecular flexibility index (Phi) is 3.55. The minimum atomic E-state index is -1.14. The molecule has 0 aliphatic carbocycles. The monoisotopic (exact) mass is 262 g/mol. The van der Waals surface area contributed by atoms with Crippen LogP contribution >= 0.6 is 0 Å². The van der Waals surface area contributed by atoms with Crippen molar-refractivity contribution in [2.45, 2.75) is 6.23 Å². The van der Waals surface area contributed by atoms with Crippen LogP contribution < -0.4 is 15.8 Å². The quantitative estimate of drug-likeness (QED) is 0.560. The number of hydrazone groups is 1. The molecular weight excluding hydrogens is 244 g/mol. The maximum Gasteiger partial charge on any atom is 0.295 e. The Labute approximate surface area is 112 Å². The number of anilines is 1. The first-order valence-electron chi connectivity index (χ1n) is 6.05. The largest absolute Gasteiger partial charge is 0.832 e. The summed E-state index contributed by atoms with van der Waals surface area (Å²) in [6.45, 7) is 0.301. The Morgan fingerprint density at radius 2 is 2.11 bits per heavy atom. The predicted octanol–water partition coefficient (Wildman–Crippen LogP) is -0.675. The summed E-state index contributed by atoms with van der Waals surface area (Å²) < 4.78 is 0.506. The molecular formula is C13H18N4O2. The van der Waals surface area contributed by atoms with Gasteiger partial charge < -0.3 is 14.9 Å². The zero-order valence-corrected chi connectivity index (χ0v) is 11.3. The fraction of sp³-hybridized carbons (Fsp3) is 0.385. The lowest BCUT2D eigenvalue weighted by molar-refractivity contribution is -0.862. The van der Waals surface area contributed by atoms with Crippen LogP contribution in [0, 0.1) is 0 Å². The summed E-state index contributed by atoms with van der Waals surface area (Å²) in [5.74, 6) is -0.211. The Bertz CT molecular complexity index is 520. The molecule has 1 aliphatic rings. The summed E-state index contributed by atoms with van der Waals surface area (Å²) in [6, 6.07) is 7.31. The van der Waals surface area contributed by atoms with Gasteiger partial charge in [-0.1, -0.05) is 18.2 Å². The first-order chi connectivity index (χ1) is 8.87. The lowest BCUT2D eigenvalue weighted by Gasteiger charge is -2.22. The van der Waals surface area contributed by atoms with Crippen LogP contribution in [-0.4, -0.2) is 50.0 Å². The second kappa shape index (κ2) is 4.99. The molecule has 0 saturated heterocycles. The summed E-state index contributed by atoms with van der Waals surface area (Å²) in [6.07, 6.45) is -1.14. The molecule has 19 heavy (non-hydrogen) atoms. The number of carbonyl (C=O) groups excluding carboxylic acids is 1. The fourth-order valence-electron chi connectivity index (χ4n) is 1.89. The van der Waals surface area contributed by atoms with Crippen molar-refractivity contribution in [2.75, 3.05) is 33.0 Å². The van der Waals surface area contributed by atoms with Gasteiger partial charge in [0.25, 0.3) is 5.91 Å². The maximum atomic E-state index is 11.8. The number of hydrogen-bond acceptors (Lipinski definition) is 4. The predicted molar refractivity (Wildman–Crippen MR) is 71.4 cm³/mol. The normalized spacial score (nSPS) is 20.0. The molecule has 102 valence electrons. The van der Waals surface area contributed by atoms with Crippen molar-refractivity contribution < 1.29 is 14.4 Å². The van der Waals surface area contributed by atoms with Crippen LogP contribution in [0.2, 0.25) is 0 Å². The smallest absolute Gasteiger partial charge is 0.295 e. The first-order valence-corrected chi connectivity index (χ1v) is 6.05. The molecule has 0 radical (unpaired) electrons. The van der Waals surface area contributed by atoms with Gasteiger partial charge in [-0.05, 0) is 12.3 Å². The fourth-order valence-corrected chi connectivity index (χ4v) is 1.89. The van der Waals surface area contributed by atoms with Gasteiger partial charge >= 0.3 is 0 Å². The molecule has 1 unspecified atom stereocenters. The zero-order valence-electron chi connectivity index (χ0n) is 11.3. The summed E-state index contributed by atoms with van der Waals surface area (Å²) >= 11 is 0. The van der Waals surface area contributed by atoms with Crippen LogP contribution in [0.5, 0.6) is 0 Å². The third-order valence-electron chi connectivity index (χ3n) is 2.66. The summed E-state index contributed by atoms with van der Waals surface area (Å²) in [5.41, 5.74) is 4.27. The number of quaternary nitrogens is 1. The van der Waals surface area contributed by atoms with E-state index in [1.165, 1.54) is 0 Å². The van der Waals surface area contributed by atoms with E-state index >= 15 is 0 Å². The number of likely N-dealkylation sites (N-methyl/N-ethyl adjacent to an activating group) is 1. The SMILES string of the molecule is C[N+](C)(C)CC(=O)N/N=C1/c2ccccc2NC1[O-]. The lowest BCUT2D eigenvalue weighted by Crippen LogP contribution is -2.44. The average molecular weight is 262 g/mol. The molecule has 1 atom stereocenters. The van der Waals surface area contributed by atoms with E-state index in [9.17, 15) is 9.90 Å². The van der Waals surface area contributed by atoms with E-state index in [2.05, 4.69) is 15.8 Å². The van der Waals surface area contributed by atoms with Crippen LogP contribution in [0.4, 0.5) is 5.69 Å². The number of benzene rings is 1. The minimum Gasteiger partial charge on any atom is -0.832 e. The zero-order chi connectivity index (χ0) is 14.0. The molecule has 6 heteroatoms. The molecule has 1 heterocycles. The van der Waals surface area contributed by atoms with E-state index in [0.29, 0.717) is 16.7 Å². The number of rotatable bonds is 3. The Morgan fingerprint density at radius 1 is 1.42 bits per heavy atom. The van der Waals surface area contributed by atoms with Crippen LogP contribution in [0.1, 0.15) is 5.56 Å². The van der Waals surface area contributed by atoms with Gasteiger partial charge in [0.2, 0.25) is 0 Å². The molecule has 0 aromatic heterocycles. The van der Waals surface area contributed by atoms with Crippen molar-refractivity contribution >= 4 is 17.3 Å². The van der Waals surface area contributed by atoms with Gasteiger partial charge in [-0.3, -0.25) is 4.79 Å². The standard InChI is InChI=1S/C13H18N4O2/c1-17(2,3)8-11(18)15-16-12-9-6-4-5-7-10(9)14-13(12)19/h4-7,13-14H,8H2,1-3H3,(H,15,18)/b16-12-. The van der Waals surface area contributed by atoms with Crippen molar-refractivity contribution in [1.29, 1.82) is 0 Å². The number of para-hydroxylation sites is 1. The van der Waals surface area contributed by atoms with E-state index in [1.807, 2.05) is 45.4 Å². The van der Waals surface area contributed by atoms with E-state index in [-0.39, 0.29) is 5.91 Å². The number of fused-ring (bicyclic) bond motifs is 1. The van der Waals surface area contributed by atoms with Gasteiger partial charge in [0, 0.05) is 11.3 Å². The third kappa shape index (κ3) is 3.30. The number of nitrogens with zero attached hydrogens (tertiary/aromatic N) is 2. The van der Waals surface area contributed by atoms with Crippen molar-refractivity contribution in [3.8, 4) is 0 Å². The van der Waals surface area contributed by atoms with E-state index in [4.69, 9.17) is 0 Å². The Hall–Kier alpha value is -1.92. The van der Waals surface area contributed by atoms with Gasteiger partial charge in [0.1, 0.15) is 0 Å². The van der Waals surface area contributed by atoms with Crippen LogP contribution in [0.15, 0.2) is 29.4 Å². The highest BCUT2D eigenvalue weighted by Crippen LogP contribution is 2.23. The molecule has 2 rings (SSSR count). The minimum absolute atomic E-state index is 0.211. The van der Waals surface area contributed by atoms with Gasteiger partial charge in [-0.15, -0.1) is 0 Å². The lowest BCUT2D eigenvalue weighted by atomic mass is 10.1. The molecule has 1 aliphatic heterocycles. The Balaban J connectivity index is 2.10. The summed E-state index contributed by atoms with van der Waals surface area (Å²) in [7, 11) is 5.74. The van der Waals surface area contributed by atoms with Crippen LogP contribution in [0.25, 0.3) is 0 Å². The maximum absolute atomic E-state index is 11.8. The summed E-state index contributed by atoms with van der Waals surface area (Å²) in [5, 5.41) is 18.6. The molecule has 0 fully saturated rings. The molecule has 1 aromatic carbocycles. The van der Waals surface area contributed by atoms with Gasteiger partial charge in [0.05, 0.1) is 26.9 Å². The number of carbonyl (C=O) groups is 1. The van der Waals surface area contributed by atoms with E-state index < -0.39 is 6.23 Å². The van der Waals surface area contributed by atoms with Gasteiger partial charge in [-0.2, -0.15) is 5.10 Å². The van der Waals surface area contributed by atoms with Crippen molar-refractivity contribution in [2.24, 2.45) is 5.10 Å². The topological polar surface area (TPSA) is 76.5 Å². The molecule has 0 bridgehead atoms. The highest BCUT2D eigenvalue weighted by atomic mass is 16.3. The van der Waals surface area contributed by atoms with Crippen molar-refractivity contribution in [3.63, 3.8) is 0 Å². The number of hydrogen-bond donors (Lipinski definition) is 2. The molecule has 0 saturated carbocycles. The molecule has 6 nitrogen and oxygen atoms in total. The average Bonchev–Trinajstić information content (AvgIpc) is 2.60. The van der Waals surface area contributed by atoms with Crippen molar-refractivity contribution in [1.82, 2.24) is 5.43 Å². The van der Waals surface area contributed by atoms with E-state index in [0.717, 1.165) is 11.3 Å². The summed E-state index contributed by atoms with van der Waals surface area (Å²) in [4.78, 5) is 11.7.